The Morgan fingerprint density at radius 2 is 0.655 bits per heavy atom. The van der Waals surface area contributed by atoms with E-state index in [0.717, 1.165) is 27.5 Å². The molecule has 1 heterocycles. The molecule has 0 bridgehead atoms. The zero-order valence-corrected chi connectivity index (χ0v) is 30.0. The Kier molecular flexibility index (Phi) is 7.25. The van der Waals surface area contributed by atoms with E-state index >= 15 is 0 Å². The van der Waals surface area contributed by atoms with Crippen LogP contribution in [0.25, 0.3) is 110 Å². The first-order chi connectivity index (χ1) is 27.3. The average molecular weight is 699 g/mol. The minimum atomic E-state index is 0.900. The summed E-state index contributed by atoms with van der Waals surface area (Å²) in [4.78, 5) is 0. The van der Waals surface area contributed by atoms with Crippen LogP contribution >= 0.6 is 0 Å². The molecule has 1 heteroatoms. The summed E-state index contributed by atoms with van der Waals surface area (Å²) >= 11 is 0. The van der Waals surface area contributed by atoms with Gasteiger partial charge in [0.05, 0.1) is 0 Å². The SMILES string of the molecule is c1ccc(-c2ccc3oc4ccc(-c5cccc(-c6c7ccccc7c(-c7cccc(-c8cccc9ccccc89)c7)c7ccccc67)c5)cc4c3c2)cc1. The van der Waals surface area contributed by atoms with Crippen molar-refractivity contribution in [2.75, 3.05) is 0 Å². The molecule has 55 heavy (non-hydrogen) atoms. The first-order valence-electron chi connectivity index (χ1n) is 18.9. The summed E-state index contributed by atoms with van der Waals surface area (Å²) in [5, 5.41) is 9.76. The molecule has 0 atom stereocenters. The van der Waals surface area contributed by atoms with Crippen LogP contribution < -0.4 is 0 Å². The second-order valence-corrected chi connectivity index (χ2v) is 14.4. The van der Waals surface area contributed by atoms with Crippen molar-refractivity contribution in [1.82, 2.24) is 0 Å². The van der Waals surface area contributed by atoms with Gasteiger partial charge in [-0.15, -0.1) is 0 Å². The fourth-order valence-electron chi connectivity index (χ4n) is 8.69. The normalized spacial score (nSPS) is 11.6. The van der Waals surface area contributed by atoms with E-state index in [9.17, 15) is 0 Å². The van der Waals surface area contributed by atoms with E-state index in [2.05, 4.69) is 206 Å². The molecule has 0 fully saturated rings. The molecule has 0 aliphatic carbocycles. The van der Waals surface area contributed by atoms with Gasteiger partial charge in [0.1, 0.15) is 11.2 Å². The summed E-state index contributed by atoms with van der Waals surface area (Å²) in [6, 6.07) is 74.8. The van der Waals surface area contributed by atoms with Gasteiger partial charge in [-0.1, -0.05) is 170 Å². The van der Waals surface area contributed by atoms with Gasteiger partial charge < -0.3 is 4.42 Å². The van der Waals surface area contributed by atoms with Gasteiger partial charge in [0, 0.05) is 10.8 Å². The number of rotatable bonds is 5. The second-order valence-electron chi connectivity index (χ2n) is 14.4. The molecule has 1 aromatic heterocycles. The van der Waals surface area contributed by atoms with Crippen molar-refractivity contribution in [1.29, 1.82) is 0 Å². The highest BCUT2D eigenvalue weighted by Crippen LogP contribution is 2.45. The van der Waals surface area contributed by atoms with Gasteiger partial charge in [-0.3, -0.25) is 0 Å². The minimum Gasteiger partial charge on any atom is -0.456 e. The zero-order chi connectivity index (χ0) is 36.3. The monoisotopic (exact) mass is 698 g/mol. The lowest BCUT2D eigenvalue weighted by Gasteiger charge is -2.19. The average Bonchev–Trinajstić information content (AvgIpc) is 3.63. The maximum absolute atomic E-state index is 6.32. The maximum atomic E-state index is 6.32. The maximum Gasteiger partial charge on any atom is 0.135 e. The quantitative estimate of drug-likeness (QED) is 0.163. The van der Waals surface area contributed by atoms with Crippen LogP contribution in [-0.2, 0) is 0 Å². The van der Waals surface area contributed by atoms with Crippen LogP contribution in [0.5, 0.6) is 0 Å². The van der Waals surface area contributed by atoms with Gasteiger partial charge in [0.2, 0.25) is 0 Å². The highest BCUT2D eigenvalue weighted by atomic mass is 16.3. The molecule has 0 saturated carbocycles. The predicted octanol–water partition coefficient (Wildman–Crippen LogP) is 15.4. The molecule has 0 amide bonds. The molecular formula is C54H34O. The Bertz CT molecular complexity index is 3190. The van der Waals surface area contributed by atoms with E-state index in [4.69, 9.17) is 4.42 Å². The van der Waals surface area contributed by atoms with Crippen molar-refractivity contribution < 1.29 is 4.42 Å². The smallest absolute Gasteiger partial charge is 0.135 e. The summed E-state index contributed by atoms with van der Waals surface area (Å²) in [7, 11) is 0. The van der Waals surface area contributed by atoms with Crippen LogP contribution in [0.4, 0.5) is 0 Å². The third-order valence-electron chi connectivity index (χ3n) is 11.2. The van der Waals surface area contributed by atoms with E-state index in [1.54, 1.807) is 0 Å². The van der Waals surface area contributed by atoms with Crippen LogP contribution in [0.1, 0.15) is 0 Å². The fraction of sp³-hybridized carbons (Fsp3) is 0. The Hall–Kier alpha value is -7.22. The fourth-order valence-corrected chi connectivity index (χ4v) is 8.69. The van der Waals surface area contributed by atoms with Gasteiger partial charge in [0.15, 0.2) is 0 Å². The summed E-state index contributed by atoms with van der Waals surface area (Å²) in [5.41, 5.74) is 13.9. The number of fused-ring (bicyclic) bond motifs is 6. The van der Waals surface area contributed by atoms with Crippen LogP contribution in [0.2, 0.25) is 0 Å². The molecule has 0 spiro atoms. The molecule has 0 aliphatic rings. The van der Waals surface area contributed by atoms with Crippen molar-refractivity contribution in [3.05, 3.63) is 206 Å². The molecule has 10 aromatic carbocycles. The zero-order valence-electron chi connectivity index (χ0n) is 30.0. The second kappa shape index (κ2) is 12.7. The lowest BCUT2D eigenvalue weighted by atomic mass is 9.84. The summed E-state index contributed by atoms with van der Waals surface area (Å²) in [6.45, 7) is 0. The van der Waals surface area contributed by atoms with Crippen LogP contribution in [-0.4, -0.2) is 0 Å². The van der Waals surface area contributed by atoms with E-state index in [1.807, 2.05) is 0 Å². The Morgan fingerprint density at radius 1 is 0.236 bits per heavy atom. The standard InChI is InChI=1S/C54H34O/c1-2-13-35(14-3-1)38-27-29-51-49(33-38)50-34-39(28-30-52(50)55-51)37-17-10-19-41(31-37)53-45-22-6-8-24-47(45)54(48-25-9-7-23-46(48)53)42-20-11-18-40(32-42)44-26-12-16-36-15-4-5-21-43(36)44/h1-34H. The van der Waals surface area contributed by atoms with E-state index < -0.39 is 0 Å². The van der Waals surface area contributed by atoms with Crippen LogP contribution in [0.3, 0.4) is 0 Å². The molecule has 11 aromatic rings. The van der Waals surface area contributed by atoms with Gasteiger partial charge in [-0.05, 0) is 124 Å². The molecule has 1 nitrogen and oxygen atoms in total. The molecule has 11 rings (SSSR count). The summed E-state index contributed by atoms with van der Waals surface area (Å²) in [5.74, 6) is 0. The summed E-state index contributed by atoms with van der Waals surface area (Å²) in [6.07, 6.45) is 0. The molecule has 0 aliphatic heterocycles. The van der Waals surface area contributed by atoms with Gasteiger partial charge in [-0.2, -0.15) is 0 Å². The van der Waals surface area contributed by atoms with Crippen molar-refractivity contribution in [2.24, 2.45) is 0 Å². The molecule has 0 N–H and O–H groups in total. The lowest BCUT2D eigenvalue weighted by molar-refractivity contribution is 0.669. The summed E-state index contributed by atoms with van der Waals surface area (Å²) < 4.78 is 6.32. The predicted molar refractivity (Wildman–Crippen MR) is 233 cm³/mol. The first kappa shape index (κ1) is 31.3. The van der Waals surface area contributed by atoms with Gasteiger partial charge in [0.25, 0.3) is 0 Å². The molecular weight excluding hydrogens is 665 g/mol. The first-order valence-corrected chi connectivity index (χ1v) is 18.9. The Balaban J connectivity index is 1.07. The van der Waals surface area contributed by atoms with Crippen molar-refractivity contribution in [3.8, 4) is 55.6 Å². The van der Waals surface area contributed by atoms with Crippen LogP contribution in [0, 0.1) is 0 Å². The lowest BCUT2D eigenvalue weighted by Crippen LogP contribution is -1.91. The molecule has 256 valence electrons. The Morgan fingerprint density at radius 3 is 1.27 bits per heavy atom. The van der Waals surface area contributed by atoms with Crippen molar-refractivity contribution >= 4 is 54.3 Å². The largest absolute Gasteiger partial charge is 0.456 e. The third kappa shape index (κ3) is 5.24. The Labute approximate surface area is 319 Å². The topological polar surface area (TPSA) is 13.1 Å². The third-order valence-corrected chi connectivity index (χ3v) is 11.2. The van der Waals surface area contributed by atoms with Crippen LogP contribution in [0.15, 0.2) is 211 Å². The van der Waals surface area contributed by atoms with E-state index in [1.165, 1.54) is 82.4 Å². The number of hydrogen-bond acceptors (Lipinski definition) is 1. The van der Waals surface area contributed by atoms with E-state index in [-0.39, 0.29) is 0 Å². The number of benzene rings is 10. The van der Waals surface area contributed by atoms with Crippen molar-refractivity contribution in [2.45, 2.75) is 0 Å². The highest BCUT2D eigenvalue weighted by molar-refractivity contribution is 6.21. The number of furan rings is 1. The minimum absolute atomic E-state index is 0.900. The van der Waals surface area contributed by atoms with Crippen molar-refractivity contribution in [3.63, 3.8) is 0 Å². The molecule has 0 radical (unpaired) electrons. The molecule has 0 saturated heterocycles. The highest BCUT2D eigenvalue weighted by Gasteiger charge is 2.18. The van der Waals surface area contributed by atoms with E-state index in [0.29, 0.717) is 0 Å². The number of hydrogen-bond donors (Lipinski definition) is 0. The van der Waals surface area contributed by atoms with Gasteiger partial charge >= 0.3 is 0 Å². The molecule has 0 unspecified atom stereocenters. The van der Waals surface area contributed by atoms with Gasteiger partial charge in [-0.25, -0.2) is 0 Å².